The predicted molar refractivity (Wildman–Crippen MR) is 62.7 cm³/mol. The molecule has 4 nitrogen and oxygen atoms in total. The Bertz CT molecular complexity index is 294. The number of hydrogen-bond donors (Lipinski definition) is 2. The van der Waals surface area contributed by atoms with Gasteiger partial charge in [-0.05, 0) is 13.8 Å². The largest absolute Gasteiger partial charge is 0.396 e. The number of aliphatic hydroxyl groups excluding tert-OH is 1. The maximum atomic E-state index is 11.4. The topological polar surface area (TPSA) is 66.4 Å². The molecule has 0 bridgehead atoms. The number of rotatable bonds is 6. The molecule has 0 amide bonds. The maximum absolute atomic E-state index is 11.4. The summed E-state index contributed by atoms with van der Waals surface area (Å²) < 4.78 is 22.0. The summed E-state index contributed by atoms with van der Waals surface area (Å²) in [4.78, 5) is 0. The van der Waals surface area contributed by atoms with Crippen LogP contribution in [0, 0.1) is 5.41 Å². The van der Waals surface area contributed by atoms with Crippen molar-refractivity contribution in [1.29, 1.82) is 0 Å². The van der Waals surface area contributed by atoms with Crippen LogP contribution in [0.3, 0.4) is 0 Å². The molecule has 0 radical (unpaired) electrons. The van der Waals surface area contributed by atoms with Gasteiger partial charge in [-0.15, -0.1) is 0 Å². The van der Waals surface area contributed by atoms with E-state index in [9.17, 15) is 8.42 Å². The molecule has 0 unspecified atom stereocenters. The van der Waals surface area contributed by atoms with E-state index in [0.717, 1.165) is 0 Å². The van der Waals surface area contributed by atoms with Gasteiger partial charge in [-0.1, -0.05) is 13.8 Å². The predicted octanol–water partition coefficient (Wildman–Crippen LogP) is 0.418. The first-order valence-electron chi connectivity index (χ1n) is 5.03. The average Bonchev–Trinajstić information content (AvgIpc) is 2.01. The smallest absolute Gasteiger partial charge is 0.153 e. The molecular formula is C10H23NO3S. The number of nitrogens with one attached hydrogen (secondary N) is 1. The van der Waals surface area contributed by atoms with Crippen LogP contribution in [0.2, 0.25) is 0 Å². The molecule has 0 fully saturated rings. The van der Waals surface area contributed by atoms with E-state index in [0.29, 0.717) is 13.1 Å². The highest BCUT2D eigenvalue weighted by atomic mass is 32.2. The molecule has 0 spiro atoms. The highest BCUT2D eigenvalue weighted by Gasteiger charge is 2.30. The standard InChI is InChI=1S/C10H23NO3S/c1-9(2,8-12)6-11-7-10(3,4)15(5,13)14/h11-12H,6-8H2,1-5H3. The van der Waals surface area contributed by atoms with Crippen molar-refractivity contribution < 1.29 is 13.5 Å². The Morgan fingerprint density at radius 3 is 1.93 bits per heavy atom. The van der Waals surface area contributed by atoms with E-state index in [2.05, 4.69) is 5.32 Å². The van der Waals surface area contributed by atoms with Crippen LogP contribution >= 0.6 is 0 Å². The van der Waals surface area contributed by atoms with Crippen LogP contribution in [0.1, 0.15) is 27.7 Å². The van der Waals surface area contributed by atoms with Crippen LogP contribution in [-0.2, 0) is 9.84 Å². The third-order valence-corrected chi connectivity index (χ3v) is 4.74. The Kier molecular flexibility index (Phi) is 4.76. The Morgan fingerprint density at radius 1 is 1.13 bits per heavy atom. The number of sulfone groups is 1. The third-order valence-electron chi connectivity index (χ3n) is 2.59. The van der Waals surface area contributed by atoms with Crippen LogP contribution in [0.4, 0.5) is 0 Å². The molecule has 5 heteroatoms. The van der Waals surface area contributed by atoms with E-state index in [1.54, 1.807) is 13.8 Å². The normalized spacial score (nSPS) is 14.3. The van der Waals surface area contributed by atoms with E-state index < -0.39 is 14.6 Å². The summed E-state index contributed by atoms with van der Waals surface area (Å²) in [5.74, 6) is 0. The van der Waals surface area contributed by atoms with Crippen LogP contribution in [0.5, 0.6) is 0 Å². The van der Waals surface area contributed by atoms with Crippen LogP contribution in [0.15, 0.2) is 0 Å². The molecule has 0 saturated heterocycles. The lowest BCUT2D eigenvalue weighted by molar-refractivity contribution is 0.156. The zero-order valence-electron chi connectivity index (χ0n) is 10.3. The molecule has 92 valence electrons. The number of aliphatic hydroxyl groups is 1. The quantitative estimate of drug-likeness (QED) is 0.702. The van der Waals surface area contributed by atoms with Crippen molar-refractivity contribution in [2.75, 3.05) is 26.0 Å². The first-order valence-corrected chi connectivity index (χ1v) is 6.92. The second-order valence-electron chi connectivity index (χ2n) is 5.46. The van der Waals surface area contributed by atoms with Gasteiger partial charge in [-0.25, -0.2) is 8.42 Å². The van der Waals surface area contributed by atoms with Gasteiger partial charge in [0.1, 0.15) is 0 Å². The van der Waals surface area contributed by atoms with Crippen molar-refractivity contribution in [3.05, 3.63) is 0 Å². The SMILES string of the molecule is CC(C)(CO)CNCC(C)(C)S(C)(=O)=O. The molecule has 0 saturated carbocycles. The maximum Gasteiger partial charge on any atom is 0.153 e. The van der Waals surface area contributed by atoms with Gasteiger partial charge >= 0.3 is 0 Å². The van der Waals surface area contributed by atoms with Gasteiger partial charge < -0.3 is 10.4 Å². The molecule has 0 atom stereocenters. The molecule has 15 heavy (non-hydrogen) atoms. The molecular weight excluding hydrogens is 214 g/mol. The van der Waals surface area contributed by atoms with Gasteiger partial charge in [0.15, 0.2) is 9.84 Å². The van der Waals surface area contributed by atoms with Crippen LogP contribution < -0.4 is 5.32 Å². The van der Waals surface area contributed by atoms with E-state index in [1.807, 2.05) is 13.8 Å². The van der Waals surface area contributed by atoms with Gasteiger partial charge in [-0.3, -0.25) is 0 Å². The summed E-state index contributed by atoms with van der Waals surface area (Å²) in [5.41, 5.74) is -0.215. The van der Waals surface area contributed by atoms with Gasteiger partial charge in [0.25, 0.3) is 0 Å². The molecule has 0 rings (SSSR count). The Morgan fingerprint density at radius 2 is 1.60 bits per heavy atom. The monoisotopic (exact) mass is 237 g/mol. The fourth-order valence-electron chi connectivity index (χ4n) is 0.889. The molecule has 0 aromatic heterocycles. The van der Waals surface area contributed by atoms with E-state index in [-0.39, 0.29) is 12.0 Å². The summed E-state index contributed by atoms with van der Waals surface area (Å²) in [7, 11) is -3.05. The van der Waals surface area contributed by atoms with Gasteiger partial charge in [-0.2, -0.15) is 0 Å². The first-order chi connectivity index (χ1) is 6.52. The van der Waals surface area contributed by atoms with Gasteiger partial charge in [0, 0.05) is 31.4 Å². The van der Waals surface area contributed by atoms with Crippen molar-refractivity contribution in [2.24, 2.45) is 5.41 Å². The average molecular weight is 237 g/mol. The molecule has 0 aliphatic heterocycles. The molecule has 0 aliphatic rings. The molecule has 0 heterocycles. The number of hydrogen-bond acceptors (Lipinski definition) is 4. The van der Waals surface area contributed by atoms with Crippen LogP contribution in [0.25, 0.3) is 0 Å². The highest BCUT2D eigenvalue weighted by Crippen LogP contribution is 2.15. The molecule has 0 aliphatic carbocycles. The summed E-state index contributed by atoms with van der Waals surface area (Å²) >= 11 is 0. The van der Waals surface area contributed by atoms with Gasteiger partial charge in [0.2, 0.25) is 0 Å². The summed E-state index contributed by atoms with van der Waals surface area (Å²) in [6.07, 6.45) is 1.24. The fourth-order valence-corrected chi connectivity index (χ4v) is 1.25. The minimum absolute atomic E-state index is 0.0826. The van der Waals surface area contributed by atoms with Crippen molar-refractivity contribution >= 4 is 9.84 Å². The summed E-state index contributed by atoms with van der Waals surface area (Å²) in [6, 6.07) is 0. The lowest BCUT2D eigenvalue weighted by Gasteiger charge is -2.27. The summed E-state index contributed by atoms with van der Waals surface area (Å²) in [6.45, 7) is 8.32. The zero-order valence-corrected chi connectivity index (χ0v) is 11.1. The summed E-state index contributed by atoms with van der Waals surface area (Å²) in [5, 5.41) is 12.1. The fraction of sp³-hybridized carbons (Fsp3) is 1.00. The van der Waals surface area contributed by atoms with E-state index in [1.165, 1.54) is 6.26 Å². The molecule has 0 aromatic rings. The van der Waals surface area contributed by atoms with Crippen molar-refractivity contribution in [3.63, 3.8) is 0 Å². The third kappa shape index (κ3) is 4.95. The minimum atomic E-state index is -3.05. The highest BCUT2D eigenvalue weighted by molar-refractivity contribution is 7.92. The first kappa shape index (κ1) is 14.9. The molecule has 2 N–H and O–H groups in total. The van der Waals surface area contributed by atoms with Crippen molar-refractivity contribution in [1.82, 2.24) is 5.32 Å². The second-order valence-corrected chi connectivity index (χ2v) is 8.11. The van der Waals surface area contributed by atoms with Gasteiger partial charge in [0.05, 0.1) is 4.75 Å². The van der Waals surface area contributed by atoms with E-state index in [4.69, 9.17) is 5.11 Å². The minimum Gasteiger partial charge on any atom is -0.396 e. The van der Waals surface area contributed by atoms with Crippen LogP contribution in [-0.4, -0.2) is 44.2 Å². The van der Waals surface area contributed by atoms with Crippen molar-refractivity contribution in [3.8, 4) is 0 Å². The van der Waals surface area contributed by atoms with Crippen molar-refractivity contribution in [2.45, 2.75) is 32.4 Å². The lowest BCUT2D eigenvalue weighted by atomic mass is 9.95. The lowest BCUT2D eigenvalue weighted by Crippen LogP contribution is -2.44. The second kappa shape index (κ2) is 4.80. The Balaban J connectivity index is 4.19. The Hall–Kier alpha value is -0.130. The zero-order chi connectivity index (χ0) is 12.3. The molecule has 0 aromatic carbocycles. The Labute approximate surface area is 93.0 Å². The van der Waals surface area contributed by atoms with E-state index >= 15 is 0 Å².